The maximum absolute atomic E-state index is 10.8. The average molecular weight is 423 g/mol. The second kappa shape index (κ2) is 9.07. The number of nitriles is 1. The van der Waals surface area contributed by atoms with Gasteiger partial charge in [-0.1, -0.05) is 0 Å². The molecule has 0 saturated heterocycles. The first-order valence-corrected chi connectivity index (χ1v) is 9.51. The van der Waals surface area contributed by atoms with Crippen LogP contribution in [-0.2, 0) is 0 Å². The van der Waals surface area contributed by atoms with Crippen LogP contribution in [0.4, 0.5) is 5.69 Å². The van der Waals surface area contributed by atoms with E-state index < -0.39 is 4.92 Å². The summed E-state index contributed by atoms with van der Waals surface area (Å²) >= 11 is 1.31. The fourth-order valence-electron chi connectivity index (χ4n) is 2.78. The minimum atomic E-state index is -0.454. The van der Waals surface area contributed by atoms with E-state index in [0.29, 0.717) is 39.1 Å². The first-order chi connectivity index (χ1) is 14.5. The van der Waals surface area contributed by atoms with E-state index in [1.165, 1.54) is 44.8 Å². The number of ether oxygens (including phenoxy) is 3. The van der Waals surface area contributed by atoms with Crippen molar-refractivity contribution in [3.8, 4) is 34.6 Å². The third kappa shape index (κ3) is 4.24. The molecule has 3 aromatic rings. The molecule has 0 aliphatic rings. The van der Waals surface area contributed by atoms with Gasteiger partial charge in [-0.15, -0.1) is 11.3 Å². The summed E-state index contributed by atoms with van der Waals surface area (Å²) in [4.78, 5) is 14.9. The highest BCUT2D eigenvalue weighted by Crippen LogP contribution is 2.39. The van der Waals surface area contributed by atoms with E-state index >= 15 is 0 Å². The van der Waals surface area contributed by atoms with E-state index in [4.69, 9.17) is 14.2 Å². The number of allylic oxidation sites excluding steroid dienone is 1. The molecule has 0 aliphatic carbocycles. The molecule has 152 valence electrons. The maximum Gasteiger partial charge on any atom is 0.269 e. The lowest BCUT2D eigenvalue weighted by molar-refractivity contribution is -0.384. The van der Waals surface area contributed by atoms with Crippen molar-refractivity contribution in [2.75, 3.05) is 21.3 Å². The topological polar surface area (TPSA) is 108 Å². The van der Waals surface area contributed by atoms with Crippen LogP contribution in [0.3, 0.4) is 0 Å². The number of non-ortho nitro benzene ring substituents is 1. The molecule has 0 amide bonds. The quantitative estimate of drug-likeness (QED) is 0.305. The lowest BCUT2D eigenvalue weighted by Crippen LogP contribution is -1.95. The van der Waals surface area contributed by atoms with Crippen molar-refractivity contribution < 1.29 is 19.1 Å². The summed E-state index contributed by atoms with van der Waals surface area (Å²) in [6.45, 7) is 0. The zero-order valence-electron chi connectivity index (χ0n) is 16.4. The second-order valence-corrected chi connectivity index (χ2v) is 6.83. The molecule has 1 heterocycles. The number of nitrogens with zero attached hydrogens (tertiary/aromatic N) is 3. The summed E-state index contributed by atoms with van der Waals surface area (Å²) in [5, 5.41) is 22.8. The number of rotatable bonds is 7. The minimum absolute atomic E-state index is 0.00853. The van der Waals surface area contributed by atoms with Crippen molar-refractivity contribution in [3.05, 3.63) is 62.5 Å². The molecule has 0 bridgehead atoms. The van der Waals surface area contributed by atoms with Gasteiger partial charge >= 0.3 is 0 Å². The van der Waals surface area contributed by atoms with Gasteiger partial charge in [0.1, 0.15) is 11.1 Å². The van der Waals surface area contributed by atoms with Crippen molar-refractivity contribution in [3.63, 3.8) is 0 Å². The molecule has 0 aliphatic heterocycles. The Bertz CT molecular complexity index is 1120. The van der Waals surface area contributed by atoms with E-state index in [-0.39, 0.29) is 5.69 Å². The van der Waals surface area contributed by atoms with Gasteiger partial charge in [0.2, 0.25) is 5.75 Å². The lowest BCUT2D eigenvalue weighted by Gasteiger charge is -2.13. The summed E-state index contributed by atoms with van der Waals surface area (Å²) in [7, 11) is 4.56. The lowest BCUT2D eigenvalue weighted by atomic mass is 10.1. The first kappa shape index (κ1) is 20.8. The number of thiazole rings is 1. The van der Waals surface area contributed by atoms with Gasteiger partial charge in [-0.2, -0.15) is 5.26 Å². The van der Waals surface area contributed by atoms with Crippen molar-refractivity contribution in [1.29, 1.82) is 5.26 Å². The molecule has 2 aromatic carbocycles. The zero-order chi connectivity index (χ0) is 21.7. The van der Waals surface area contributed by atoms with Gasteiger partial charge in [0.05, 0.1) is 37.5 Å². The molecule has 0 atom stereocenters. The largest absolute Gasteiger partial charge is 0.493 e. The van der Waals surface area contributed by atoms with Crippen molar-refractivity contribution >= 4 is 28.7 Å². The second-order valence-electron chi connectivity index (χ2n) is 5.97. The number of hydrogen-bond donors (Lipinski definition) is 0. The van der Waals surface area contributed by atoms with Gasteiger partial charge in [0.25, 0.3) is 5.69 Å². The highest BCUT2D eigenvalue weighted by molar-refractivity contribution is 7.11. The Hall–Kier alpha value is -3.90. The number of nitro groups is 1. The van der Waals surface area contributed by atoms with Gasteiger partial charge in [-0.05, 0) is 35.9 Å². The number of methoxy groups -OCH3 is 3. The number of nitro benzene ring substituents is 1. The van der Waals surface area contributed by atoms with Crippen LogP contribution in [0.2, 0.25) is 0 Å². The van der Waals surface area contributed by atoms with Crippen molar-refractivity contribution in [2.45, 2.75) is 0 Å². The summed E-state index contributed by atoms with van der Waals surface area (Å²) in [5.41, 5.74) is 2.42. The average Bonchev–Trinajstić information content (AvgIpc) is 3.26. The van der Waals surface area contributed by atoms with Crippen molar-refractivity contribution in [1.82, 2.24) is 4.98 Å². The predicted octanol–water partition coefficient (Wildman–Crippen LogP) is 4.81. The molecular weight excluding hydrogens is 406 g/mol. The van der Waals surface area contributed by atoms with Crippen LogP contribution < -0.4 is 14.2 Å². The molecule has 0 unspecified atom stereocenters. The Kier molecular flexibility index (Phi) is 6.29. The molecule has 9 heteroatoms. The van der Waals surface area contributed by atoms with Gasteiger partial charge in [-0.3, -0.25) is 10.1 Å². The van der Waals surface area contributed by atoms with E-state index in [1.807, 2.05) is 0 Å². The summed E-state index contributed by atoms with van der Waals surface area (Å²) in [6.07, 6.45) is 1.68. The molecule has 30 heavy (non-hydrogen) atoms. The molecule has 0 N–H and O–H groups in total. The van der Waals surface area contributed by atoms with Crippen LogP contribution in [0.15, 0.2) is 41.8 Å². The molecule has 0 spiro atoms. The van der Waals surface area contributed by atoms with Crippen LogP contribution in [0.1, 0.15) is 10.6 Å². The maximum atomic E-state index is 10.8. The van der Waals surface area contributed by atoms with Gasteiger partial charge in [0, 0.05) is 23.1 Å². The van der Waals surface area contributed by atoms with Gasteiger partial charge in [-0.25, -0.2) is 4.98 Å². The number of aromatic nitrogens is 1. The Labute approximate surface area is 176 Å². The number of hydrogen-bond acceptors (Lipinski definition) is 8. The zero-order valence-corrected chi connectivity index (χ0v) is 17.2. The SMILES string of the molecule is COc1cc(C=C(C#N)c2nc(-c3ccc([N+](=O)[O-])cc3)cs2)cc(OC)c1OC. The molecule has 0 fully saturated rings. The van der Waals surface area contributed by atoms with Crippen LogP contribution in [0.25, 0.3) is 22.9 Å². The molecular formula is C21H17N3O5S. The third-order valence-electron chi connectivity index (χ3n) is 4.23. The summed E-state index contributed by atoms with van der Waals surface area (Å²) in [5.74, 6) is 1.42. The third-order valence-corrected chi connectivity index (χ3v) is 5.10. The van der Waals surface area contributed by atoms with E-state index in [0.717, 1.165) is 5.56 Å². The molecule has 3 rings (SSSR count). The Balaban J connectivity index is 1.96. The highest BCUT2D eigenvalue weighted by Gasteiger charge is 2.15. The summed E-state index contributed by atoms with van der Waals surface area (Å²) < 4.78 is 16.0. The fourth-order valence-corrected chi connectivity index (χ4v) is 3.57. The smallest absolute Gasteiger partial charge is 0.269 e. The molecule has 8 nitrogen and oxygen atoms in total. The van der Waals surface area contributed by atoms with Crippen molar-refractivity contribution in [2.24, 2.45) is 0 Å². The predicted molar refractivity (Wildman–Crippen MR) is 114 cm³/mol. The Morgan fingerprint density at radius 1 is 1.13 bits per heavy atom. The Morgan fingerprint density at radius 2 is 1.77 bits per heavy atom. The van der Waals surface area contributed by atoms with E-state index in [1.54, 1.807) is 35.7 Å². The normalized spacial score (nSPS) is 10.9. The van der Waals surface area contributed by atoms with Crippen LogP contribution in [-0.4, -0.2) is 31.2 Å². The molecule has 1 aromatic heterocycles. The summed E-state index contributed by atoms with van der Waals surface area (Å²) in [6, 6.07) is 11.8. The van der Waals surface area contributed by atoms with Crippen LogP contribution in [0, 0.1) is 21.4 Å². The van der Waals surface area contributed by atoms with Crippen LogP contribution >= 0.6 is 11.3 Å². The standard InChI is InChI=1S/C21H17N3O5S/c1-27-18-9-13(10-19(28-2)20(18)29-3)8-15(11-22)21-23-17(12-30-21)14-4-6-16(7-5-14)24(25)26/h4-10,12H,1-3H3. The Morgan fingerprint density at radius 3 is 2.27 bits per heavy atom. The highest BCUT2D eigenvalue weighted by atomic mass is 32.1. The minimum Gasteiger partial charge on any atom is -0.493 e. The monoisotopic (exact) mass is 423 g/mol. The fraction of sp³-hybridized carbons (Fsp3) is 0.143. The molecule has 0 radical (unpaired) electrons. The van der Waals surface area contributed by atoms with Crippen LogP contribution in [0.5, 0.6) is 17.2 Å². The van der Waals surface area contributed by atoms with Gasteiger partial charge < -0.3 is 14.2 Å². The van der Waals surface area contributed by atoms with E-state index in [9.17, 15) is 15.4 Å². The molecule has 0 saturated carbocycles. The van der Waals surface area contributed by atoms with Gasteiger partial charge in [0.15, 0.2) is 11.5 Å². The first-order valence-electron chi connectivity index (χ1n) is 8.63. The van der Waals surface area contributed by atoms with E-state index in [2.05, 4.69) is 11.1 Å². The number of benzene rings is 2.